The SMILES string of the molecule is CCOC(=O)C(N)(CCc1ccc(NCCC[Si](C)(C)c2ccccc2)cc1)C(=O)OCC. The van der Waals surface area contributed by atoms with Crippen molar-refractivity contribution in [2.24, 2.45) is 5.73 Å². The van der Waals surface area contributed by atoms with E-state index in [-0.39, 0.29) is 19.6 Å². The average Bonchev–Trinajstić information content (AvgIpc) is 2.82. The average molecular weight is 471 g/mol. The summed E-state index contributed by atoms with van der Waals surface area (Å²) in [4.78, 5) is 24.6. The molecule has 0 heterocycles. The van der Waals surface area contributed by atoms with Crippen LogP contribution in [0.3, 0.4) is 0 Å². The normalized spacial score (nSPS) is 11.7. The first-order chi connectivity index (χ1) is 15.7. The van der Waals surface area contributed by atoms with Gasteiger partial charge in [-0.25, -0.2) is 9.59 Å². The van der Waals surface area contributed by atoms with Crippen LogP contribution in [-0.2, 0) is 25.5 Å². The van der Waals surface area contributed by atoms with Gasteiger partial charge in [-0.15, -0.1) is 0 Å². The van der Waals surface area contributed by atoms with Crippen LogP contribution in [0.25, 0.3) is 0 Å². The predicted molar refractivity (Wildman–Crippen MR) is 136 cm³/mol. The first-order valence-corrected chi connectivity index (χ1v) is 15.0. The zero-order valence-corrected chi connectivity index (χ0v) is 21.4. The quantitative estimate of drug-likeness (QED) is 0.200. The molecule has 6 nitrogen and oxygen atoms in total. The highest BCUT2D eigenvalue weighted by molar-refractivity contribution is 6.89. The fourth-order valence-corrected chi connectivity index (χ4v) is 6.18. The molecule has 33 heavy (non-hydrogen) atoms. The monoisotopic (exact) mass is 470 g/mol. The van der Waals surface area contributed by atoms with Gasteiger partial charge in [0.1, 0.15) is 0 Å². The van der Waals surface area contributed by atoms with E-state index in [4.69, 9.17) is 15.2 Å². The van der Waals surface area contributed by atoms with E-state index in [0.717, 1.165) is 24.2 Å². The molecular weight excluding hydrogens is 432 g/mol. The van der Waals surface area contributed by atoms with Crippen molar-refractivity contribution in [3.05, 3.63) is 60.2 Å². The maximum absolute atomic E-state index is 12.3. The van der Waals surface area contributed by atoms with Crippen molar-refractivity contribution in [2.75, 3.05) is 25.1 Å². The van der Waals surface area contributed by atoms with Crippen LogP contribution in [0.1, 0.15) is 32.3 Å². The molecule has 0 aromatic heterocycles. The Bertz CT molecular complexity index is 867. The Morgan fingerprint density at radius 2 is 1.52 bits per heavy atom. The van der Waals surface area contributed by atoms with Gasteiger partial charge in [0, 0.05) is 12.2 Å². The van der Waals surface area contributed by atoms with E-state index in [1.54, 1.807) is 13.8 Å². The van der Waals surface area contributed by atoms with Gasteiger partial charge in [-0.3, -0.25) is 0 Å². The second-order valence-electron chi connectivity index (χ2n) is 8.89. The van der Waals surface area contributed by atoms with Crippen molar-refractivity contribution in [1.82, 2.24) is 0 Å². The lowest BCUT2D eigenvalue weighted by molar-refractivity contribution is -0.164. The molecule has 2 aromatic rings. The van der Waals surface area contributed by atoms with Crippen LogP contribution in [-0.4, -0.2) is 45.3 Å². The maximum atomic E-state index is 12.3. The number of esters is 2. The van der Waals surface area contributed by atoms with Gasteiger partial charge >= 0.3 is 11.9 Å². The Kier molecular flexibility index (Phi) is 10.1. The minimum absolute atomic E-state index is 0.122. The highest BCUT2D eigenvalue weighted by Crippen LogP contribution is 2.19. The van der Waals surface area contributed by atoms with Crippen molar-refractivity contribution >= 4 is 30.9 Å². The molecule has 0 aliphatic heterocycles. The Morgan fingerprint density at radius 3 is 2.06 bits per heavy atom. The van der Waals surface area contributed by atoms with Crippen LogP contribution in [0.5, 0.6) is 0 Å². The second-order valence-corrected chi connectivity index (χ2v) is 13.7. The molecule has 2 rings (SSSR count). The number of nitrogens with one attached hydrogen (secondary N) is 1. The summed E-state index contributed by atoms with van der Waals surface area (Å²) in [5.41, 5.74) is 6.38. The molecular formula is C26H38N2O4Si. The first kappa shape index (κ1) is 26.6. The minimum atomic E-state index is -1.79. The molecule has 7 heteroatoms. The van der Waals surface area contributed by atoms with Gasteiger partial charge < -0.3 is 20.5 Å². The van der Waals surface area contributed by atoms with Crippen molar-refractivity contribution in [3.63, 3.8) is 0 Å². The van der Waals surface area contributed by atoms with Gasteiger partial charge in [0.2, 0.25) is 5.54 Å². The number of rotatable bonds is 13. The van der Waals surface area contributed by atoms with Gasteiger partial charge in [-0.1, -0.05) is 66.8 Å². The van der Waals surface area contributed by atoms with Crippen LogP contribution < -0.4 is 16.2 Å². The number of hydrogen-bond acceptors (Lipinski definition) is 6. The fourth-order valence-electron chi connectivity index (χ4n) is 3.73. The van der Waals surface area contributed by atoms with Crippen molar-refractivity contribution in [1.29, 1.82) is 0 Å². The molecule has 0 bridgehead atoms. The largest absolute Gasteiger partial charge is 0.464 e. The van der Waals surface area contributed by atoms with Crippen LogP contribution >= 0.6 is 0 Å². The summed E-state index contributed by atoms with van der Waals surface area (Å²) in [5.74, 6) is -1.49. The third kappa shape index (κ3) is 7.72. The van der Waals surface area contributed by atoms with Crippen LogP contribution in [0.15, 0.2) is 54.6 Å². The Morgan fingerprint density at radius 1 is 0.939 bits per heavy atom. The highest BCUT2D eigenvalue weighted by atomic mass is 28.3. The molecule has 0 unspecified atom stereocenters. The smallest absolute Gasteiger partial charge is 0.337 e. The minimum Gasteiger partial charge on any atom is -0.464 e. The molecule has 0 saturated heterocycles. The maximum Gasteiger partial charge on any atom is 0.337 e. The lowest BCUT2D eigenvalue weighted by Gasteiger charge is -2.24. The molecule has 0 saturated carbocycles. The van der Waals surface area contributed by atoms with Gasteiger partial charge in [0.25, 0.3) is 0 Å². The Labute approximate surface area is 198 Å². The summed E-state index contributed by atoms with van der Waals surface area (Å²) in [6.07, 6.45) is 1.70. The van der Waals surface area contributed by atoms with E-state index < -0.39 is 25.6 Å². The number of carbonyl (C=O) groups excluding carboxylic acids is 2. The summed E-state index contributed by atoms with van der Waals surface area (Å²) >= 11 is 0. The summed E-state index contributed by atoms with van der Waals surface area (Å²) in [6.45, 7) is 9.42. The van der Waals surface area contributed by atoms with E-state index in [1.165, 1.54) is 11.2 Å². The number of benzene rings is 2. The van der Waals surface area contributed by atoms with E-state index in [1.807, 2.05) is 24.3 Å². The molecule has 0 spiro atoms. The lowest BCUT2D eigenvalue weighted by Crippen LogP contribution is -2.57. The topological polar surface area (TPSA) is 90.6 Å². The number of ether oxygens (including phenoxy) is 2. The summed E-state index contributed by atoms with van der Waals surface area (Å²) in [7, 11) is -1.41. The van der Waals surface area contributed by atoms with E-state index >= 15 is 0 Å². The summed E-state index contributed by atoms with van der Waals surface area (Å²) in [5, 5.41) is 4.98. The number of anilines is 1. The first-order valence-electron chi connectivity index (χ1n) is 11.7. The number of hydrogen-bond donors (Lipinski definition) is 2. The standard InChI is InChI=1S/C26H38N2O4Si/c1-5-31-24(29)26(27,25(30)32-6-2)18-17-21-13-15-22(16-14-21)28-19-10-20-33(3,4)23-11-8-7-9-12-23/h7-9,11-16,28H,5-6,10,17-20,27H2,1-4H3. The zero-order chi connectivity index (χ0) is 24.3. The van der Waals surface area contributed by atoms with E-state index in [9.17, 15) is 9.59 Å². The molecule has 0 fully saturated rings. The second kappa shape index (κ2) is 12.6. The summed E-state index contributed by atoms with van der Waals surface area (Å²) in [6, 6.07) is 20.0. The number of carbonyl (C=O) groups is 2. The fraction of sp³-hybridized carbons (Fsp3) is 0.462. The van der Waals surface area contributed by atoms with Crippen molar-refractivity contribution in [2.45, 2.75) is 57.8 Å². The van der Waals surface area contributed by atoms with E-state index in [2.05, 4.69) is 48.7 Å². The van der Waals surface area contributed by atoms with Crippen molar-refractivity contribution < 1.29 is 19.1 Å². The molecule has 0 radical (unpaired) electrons. The zero-order valence-electron chi connectivity index (χ0n) is 20.4. The van der Waals surface area contributed by atoms with Crippen LogP contribution in [0.4, 0.5) is 5.69 Å². The third-order valence-electron chi connectivity index (χ3n) is 5.90. The van der Waals surface area contributed by atoms with Crippen LogP contribution in [0.2, 0.25) is 19.1 Å². The number of aryl methyl sites for hydroxylation is 1. The van der Waals surface area contributed by atoms with E-state index in [0.29, 0.717) is 6.42 Å². The molecule has 180 valence electrons. The molecule has 0 aliphatic rings. The highest BCUT2D eigenvalue weighted by Gasteiger charge is 2.44. The summed E-state index contributed by atoms with van der Waals surface area (Å²) < 4.78 is 10.0. The molecule has 0 atom stereocenters. The molecule has 0 amide bonds. The molecule has 2 aromatic carbocycles. The number of nitrogens with two attached hydrogens (primary N) is 1. The third-order valence-corrected chi connectivity index (χ3v) is 9.40. The van der Waals surface area contributed by atoms with Gasteiger partial charge in [-0.2, -0.15) is 0 Å². The molecule has 3 N–H and O–H groups in total. The van der Waals surface area contributed by atoms with Crippen LogP contribution in [0, 0.1) is 0 Å². The Hall–Kier alpha value is -2.64. The van der Waals surface area contributed by atoms with Crippen molar-refractivity contribution in [3.8, 4) is 0 Å². The predicted octanol–water partition coefficient (Wildman–Crippen LogP) is 3.86. The van der Waals surface area contributed by atoms with Gasteiger partial charge in [0.05, 0.1) is 21.3 Å². The lowest BCUT2D eigenvalue weighted by atomic mass is 9.92. The molecule has 0 aliphatic carbocycles. The van der Waals surface area contributed by atoms with Gasteiger partial charge in [0.15, 0.2) is 0 Å². The Balaban J connectivity index is 1.86. The van der Waals surface area contributed by atoms with Gasteiger partial charge in [-0.05, 0) is 50.8 Å².